The van der Waals surface area contributed by atoms with Crippen molar-refractivity contribution in [1.82, 2.24) is 15.2 Å². The molecule has 0 radical (unpaired) electrons. The molecule has 2 aromatic heterocycles. The lowest BCUT2D eigenvalue weighted by molar-refractivity contribution is 0.0604. The lowest BCUT2D eigenvalue weighted by atomic mass is 9.89. The van der Waals surface area contributed by atoms with Gasteiger partial charge in [0.05, 0.1) is 12.1 Å². The third kappa shape index (κ3) is 6.50. The Kier molecular flexibility index (Phi) is 11.0. The van der Waals surface area contributed by atoms with Gasteiger partial charge in [0.2, 0.25) is 0 Å². The number of ether oxygens (including phenoxy) is 1. The molecule has 1 amide bonds. The highest BCUT2D eigenvalue weighted by molar-refractivity contribution is 7.21. The Morgan fingerprint density at radius 3 is 2.54 bits per heavy atom. The largest absolute Gasteiger partial charge is 0.496 e. The molecule has 4 aromatic rings. The molecular weight excluding hydrogens is 580 g/mol. The molecule has 1 aliphatic rings. The standard InChI is InChI=1S/C29H29ClFN3O2S.2ClH/c1-32-21-9-11-22(12-10-21)34(29(35)28-27(30)26-23(31)6-3-7-25(26)37-28)17-20-15-18(8-13-24(20)36-2)19-5-4-14-33-16-19;;/h3-8,13-16,21-22,32H,9-12,17H2,1-2H3;2*1H. The summed E-state index contributed by atoms with van der Waals surface area (Å²) in [6, 6.07) is 15.2. The zero-order chi connectivity index (χ0) is 25.9. The van der Waals surface area contributed by atoms with Gasteiger partial charge in [0.25, 0.3) is 5.91 Å². The Bertz CT molecular complexity index is 1410. The number of thiophene rings is 1. The van der Waals surface area contributed by atoms with Gasteiger partial charge in [0.1, 0.15) is 16.4 Å². The summed E-state index contributed by atoms with van der Waals surface area (Å²) in [6.07, 6.45) is 7.27. The van der Waals surface area contributed by atoms with E-state index in [1.165, 1.54) is 17.4 Å². The van der Waals surface area contributed by atoms with Crippen LogP contribution in [0.15, 0.2) is 60.9 Å². The topological polar surface area (TPSA) is 54.5 Å². The number of nitrogens with one attached hydrogen (secondary N) is 1. The van der Waals surface area contributed by atoms with Crippen molar-refractivity contribution in [2.75, 3.05) is 14.2 Å². The van der Waals surface area contributed by atoms with Crippen LogP contribution in [0.4, 0.5) is 4.39 Å². The maximum Gasteiger partial charge on any atom is 0.266 e. The fourth-order valence-corrected chi connectivity index (χ4v) is 6.69. The minimum Gasteiger partial charge on any atom is -0.496 e. The van der Waals surface area contributed by atoms with Crippen molar-refractivity contribution in [1.29, 1.82) is 0 Å². The van der Waals surface area contributed by atoms with Gasteiger partial charge in [0, 0.05) is 52.2 Å². The second-order valence-corrected chi connectivity index (χ2v) is 10.8. The SMILES string of the molecule is CNC1CCC(N(Cc2cc(-c3cccnc3)ccc2OC)C(=O)c2sc3cccc(F)c3c2Cl)CC1.Cl.Cl. The molecule has 1 N–H and O–H groups in total. The molecule has 208 valence electrons. The molecule has 2 aromatic carbocycles. The average molecular weight is 611 g/mol. The summed E-state index contributed by atoms with van der Waals surface area (Å²) in [6.45, 7) is 0.359. The predicted molar refractivity (Wildman–Crippen MR) is 162 cm³/mol. The van der Waals surface area contributed by atoms with E-state index in [1.54, 1.807) is 25.4 Å². The number of hydrogen-bond acceptors (Lipinski definition) is 5. The number of fused-ring (bicyclic) bond motifs is 1. The van der Waals surface area contributed by atoms with Crippen molar-refractivity contribution in [3.8, 4) is 16.9 Å². The fraction of sp³-hybridized carbons (Fsp3) is 0.310. The first kappa shape index (κ1) is 31.1. The monoisotopic (exact) mass is 609 g/mol. The number of benzene rings is 2. The maximum absolute atomic E-state index is 14.6. The average Bonchev–Trinajstić information content (AvgIpc) is 3.29. The van der Waals surface area contributed by atoms with Crippen LogP contribution in [0.2, 0.25) is 5.02 Å². The van der Waals surface area contributed by atoms with E-state index < -0.39 is 5.82 Å². The van der Waals surface area contributed by atoms with E-state index in [4.69, 9.17) is 16.3 Å². The third-order valence-corrected chi connectivity index (χ3v) is 8.86. The van der Waals surface area contributed by atoms with Crippen molar-refractivity contribution in [3.05, 3.63) is 82.2 Å². The summed E-state index contributed by atoms with van der Waals surface area (Å²) in [5.41, 5.74) is 2.88. The summed E-state index contributed by atoms with van der Waals surface area (Å²) in [5.74, 6) is 0.125. The van der Waals surface area contributed by atoms with Gasteiger partial charge in [-0.1, -0.05) is 29.8 Å². The number of pyridine rings is 1. The number of carbonyl (C=O) groups is 1. The molecule has 10 heteroatoms. The summed E-state index contributed by atoms with van der Waals surface area (Å²) >= 11 is 7.88. The van der Waals surface area contributed by atoms with Gasteiger partial charge in [-0.2, -0.15) is 0 Å². The van der Waals surface area contributed by atoms with Gasteiger partial charge < -0.3 is 15.0 Å². The Morgan fingerprint density at radius 1 is 1.13 bits per heavy atom. The van der Waals surface area contributed by atoms with Gasteiger partial charge in [-0.3, -0.25) is 9.78 Å². The molecule has 0 aliphatic heterocycles. The third-order valence-electron chi connectivity index (χ3n) is 7.22. The van der Waals surface area contributed by atoms with Crippen LogP contribution < -0.4 is 10.1 Å². The van der Waals surface area contributed by atoms with Gasteiger partial charge in [-0.15, -0.1) is 36.2 Å². The van der Waals surface area contributed by atoms with Crippen LogP contribution in [0.3, 0.4) is 0 Å². The molecule has 1 saturated carbocycles. The zero-order valence-corrected chi connectivity index (χ0v) is 24.9. The molecule has 0 spiro atoms. The molecule has 2 heterocycles. The molecular formula is C29H31Cl3FN3O2S. The smallest absolute Gasteiger partial charge is 0.266 e. The van der Waals surface area contributed by atoms with Crippen molar-refractivity contribution in [2.24, 2.45) is 0 Å². The van der Waals surface area contributed by atoms with Crippen LogP contribution in [-0.2, 0) is 6.54 Å². The number of carbonyl (C=O) groups excluding carboxylic acids is 1. The van der Waals surface area contributed by atoms with E-state index in [2.05, 4.69) is 16.4 Å². The molecule has 5 rings (SSSR count). The first-order valence-electron chi connectivity index (χ1n) is 12.4. The van der Waals surface area contributed by atoms with Gasteiger partial charge >= 0.3 is 0 Å². The van der Waals surface area contributed by atoms with Crippen molar-refractivity contribution >= 4 is 63.7 Å². The molecule has 0 unspecified atom stereocenters. The Balaban J connectivity index is 0.00000210. The van der Waals surface area contributed by atoms with Crippen molar-refractivity contribution < 1.29 is 13.9 Å². The van der Waals surface area contributed by atoms with Crippen LogP contribution in [0, 0.1) is 5.82 Å². The number of nitrogens with zero attached hydrogens (tertiary/aromatic N) is 2. The Hall–Kier alpha value is -2.42. The minimum atomic E-state index is -0.412. The molecule has 1 fully saturated rings. The van der Waals surface area contributed by atoms with Gasteiger partial charge in [-0.05, 0) is 68.6 Å². The quantitative estimate of drug-likeness (QED) is 0.232. The zero-order valence-electron chi connectivity index (χ0n) is 21.7. The van der Waals surface area contributed by atoms with Crippen LogP contribution in [0.5, 0.6) is 5.75 Å². The van der Waals surface area contributed by atoms with E-state index in [9.17, 15) is 9.18 Å². The van der Waals surface area contributed by atoms with E-state index in [1.807, 2.05) is 42.4 Å². The second kappa shape index (κ2) is 13.8. The van der Waals surface area contributed by atoms with E-state index >= 15 is 0 Å². The molecule has 0 atom stereocenters. The first-order chi connectivity index (χ1) is 18.0. The lowest BCUT2D eigenvalue weighted by Gasteiger charge is -2.37. The Labute approximate surface area is 249 Å². The maximum atomic E-state index is 14.6. The van der Waals surface area contributed by atoms with E-state index in [-0.39, 0.29) is 41.8 Å². The van der Waals surface area contributed by atoms with Gasteiger partial charge in [0.15, 0.2) is 0 Å². The molecule has 1 aliphatic carbocycles. The van der Waals surface area contributed by atoms with Crippen molar-refractivity contribution in [2.45, 2.75) is 44.3 Å². The number of halogens is 4. The van der Waals surface area contributed by atoms with Gasteiger partial charge in [-0.25, -0.2) is 4.39 Å². The second-order valence-electron chi connectivity index (χ2n) is 9.35. The minimum absolute atomic E-state index is 0. The number of aromatic nitrogens is 1. The van der Waals surface area contributed by atoms with Crippen molar-refractivity contribution in [3.63, 3.8) is 0 Å². The van der Waals surface area contributed by atoms with E-state index in [0.717, 1.165) is 42.4 Å². The summed E-state index contributed by atoms with van der Waals surface area (Å²) in [7, 11) is 3.62. The summed E-state index contributed by atoms with van der Waals surface area (Å²) in [5, 5.41) is 3.86. The highest BCUT2D eigenvalue weighted by Gasteiger charge is 2.32. The molecule has 5 nitrogen and oxygen atoms in total. The normalized spacial score (nSPS) is 16.7. The summed E-state index contributed by atoms with van der Waals surface area (Å²) in [4.78, 5) is 20.6. The first-order valence-corrected chi connectivity index (χ1v) is 13.6. The summed E-state index contributed by atoms with van der Waals surface area (Å²) < 4.78 is 20.9. The number of methoxy groups -OCH3 is 1. The molecule has 39 heavy (non-hydrogen) atoms. The number of amides is 1. The number of rotatable bonds is 7. The highest BCUT2D eigenvalue weighted by Crippen LogP contribution is 2.39. The van der Waals surface area contributed by atoms with E-state index in [0.29, 0.717) is 33.3 Å². The predicted octanol–water partition coefficient (Wildman–Crippen LogP) is 7.78. The number of hydrogen-bond donors (Lipinski definition) is 1. The highest BCUT2D eigenvalue weighted by atomic mass is 35.5. The van der Waals surface area contributed by atoms with Crippen LogP contribution >= 0.6 is 47.8 Å². The Morgan fingerprint density at radius 2 is 1.90 bits per heavy atom. The van der Waals surface area contributed by atoms with Crippen LogP contribution in [-0.4, -0.2) is 42.0 Å². The molecule has 0 bridgehead atoms. The lowest BCUT2D eigenvalue weighted by Crippen LogP contribution is -2.44. The fourth-order valence-electron chi connectivity index (χ4n) is 5.18. The van der Waals surface area contributed by atoms with Crippen LogP contribution in [0.25, 0.3) is 21.2 Å². The van der Waals surface area contributed by atoms with Crippen LogP contribution in [0.1, 0.15) is 40.9 Å². The molecule has 0 saturated heterocycles.